The lowest BCUT2D eigenvalue weighted by atomic mass is 9.96. The summed E-state index contributed by atoms with van der Waals surface area (Å²) < 4.78 is 11.8. The summed E-state index contributed by atoms with van der Waals surface area (Å²) in [5.74, 6) is 0.741. The maximum Gasteiger partial charge on any atom is 0.257 e. The Morgan fingerprint density at radius 2 is 1.91 bits per heavy atom. The van der Waals surface area contributed by atoms with E-state index in [1.54, 1.807) is 20.2 Å². The second kappa shape index (κ2) is 8.16. The van der Waals surface area contributed by atoms with E-state index in [-0.39, 0.29) is 40.8 Å². The fourth-order valence-corrected chi connectivity index (χ4v) is 3.90. The van der Waals surface area contributed by atoms with E-state index in [0.717, 1.165) is 12.2 Å². The molecular weight excluding hydrogens is 414 g/mol. The maximum absolute atomic E-state index is 12.3. The molecule has 0 bridgehead atoms. The monoisotopic (exact) mass is 439 g/mol. The highest BCUT2D eigenvalue weighted by atomic mass is 16.5. The molecule has 1 fully saturated rings. The number of para-hydroxylation sites is 1. The van der Waals surface area contributed by atoms with E-state index < -0.39 is 16.5 Å². The summed E-state index contributed by atoms with van der Waals surface area (Å²) in [6, 6.07) is 8.30. The lowest BCUT2D eigenvalue weighted by molar-refractivity contribution is -0.00641. The highest BCUT2D eigenvalue weighted by Gasteiger charge is 2.40. The predicted molar refractivity (Wildman–Crippen MR) is 120 cm³/mol. The molecule has 1 unspecified atom stereocenters. The van der Waals surface area contributed by atoms with Crippen molar-refractivity contribution in [3.8, 4) is 5.75 Å². The van der Waals surface area contributed by atoms with Gasteiger partial charge in [0, 0.05) is 20.7 Å². The zero-order valence-electron chi connectivity index (χ0n) is 18.2. The van der Waals surface area contributed by atoms with Gasteiger partial charge in [-0.25, -0.2) is 0 Å². The fourth-order valence-electron chi connectivity index (χ4n) is 3.90. The molecule has 1 aliphatic rings. The number of carbonyl (C=O) groups excluding carboxylic acids is 1. The number of carbonyl (C=O) groups is 1. The van der Waals surface area contributed by atoms with Gasteiger partial charge in [0.1, 0.15) is 28.5 Å². The number of anilines is 3. The Labute approximate surface area is 184 Å². The molecule has 3 N–H and O–H groups in total. The molecule has 9 heteroatoms. The SMILES string of the molecule is Cc1ccc(C2(CNc3c(Nc4cccc(C(=O)N(C)C)c4O)c(=O)c3=O)CCCO2)o1. The minimum atomic E-state index is -0.731. The van der Waals surface area contributed by atoms with Gasteiger partial charge >= 0.3 is 0 Å². The topological polar surface area (TPSA) is 121 Å². The molecule has 1 aliphatic heterocycles. The number of nitrogens with one attached hydrogen (secondary N) is 2. The first-order valence-electron chi connectivity index (χ1n) is 10.3. The van der Waals surface area contributed by atoms with Gasteiger partial charge in [-0.1, -0.05) is 6.07 Å². The Balaban J connectivity index is 1.58. The largest absolute Gasteiger partial charge is 0.505 e. The van der Waals surface area contributed by atoms with Crippen molar-refractivity contribution in [3.63, 3.8) is 0 Å². The molecule has 1 saturated heterocycles. The van der Waals surface area contributed by atoms with E-state index in [9.17, 15) is 19.5 Å². The van der Waals surface area contributed by atoms with Gasteiger partial charge in [-0.05, 0) is 44.0 Å². The molecule has 9 nitrogen and oxygen atoms in total. The molecular formula is C23H25N3O6. The van der Waals surface area contributed by atoms with Crippen molar-refractivity contribution in [2.75, 3.05) is 37.9 Å². The highest BCUT2D eigenvalue weighted by molar-refractivity contribution is 5.99. The number of hydrogen-bond donors (Lipinski definition) is 3. The van der Waals surface area contributed by atoms with Crippen LogP contribution in [-0.2, 0) is 10.3 Å². The van der Waals surface area contributed by atoms with Crippen molar-refractivity contribution in [1.82, 2.24) is 4.90 Å². The lowest BCUT2D eigenvalue weighted by Gasteiger charge is -2.28. The van der Waals surface area contributed by atoms with Gasteiger partial charge in [0.25, 0.3) is 16.8 Å². The van der Waals surface area contributed by atoms with Crippen LogP contribution in [0.5, 0.6) is 5.75 Å². The lowest BCUT2D eigenvalue weighted by Crippen LogP contribution is -2.40. The number of aromatic hydroxyl groups is 1. The number of rotatable bonds is 7. The summed E-state index contributed by atoms with van der Waals surface area (Å²) in [6.45, 7) is 2.66. The number of amides is 1. The van der Waals surface area contributed by atoms with Crippen molar-refractivity contribution in [1.29, 1.82) is 0 Å². The standard InChI is InChI=1S/C23H25N3O6/c1-13-8-9-16(32-13)23(10-5-11-31-23)12-24-17-18(21(29)20(17)28)25-15-7-4-6-14(19(15)27)22(30)26(2)3/h4,6-9,24-25,27H,5,10-12H2,1-3H3. The molecule has 168 valence electrons. The third kappa shape index (κ3) is 3.64. The van der Waals surface area contributed by atoms with Crippen molar-refractivity contribution < 1.29 is 19.1 Å². The van der Waals surface area contributed by atoms with E-state index in [1.165, 1.54) is 17.0 Å². The number of phenolic OH excluding ortho intramolecular Hbond substituents is 1. The third-order valence-corrected chi connectivity index (χ3v) is 5.69. The number of hydrogen-bond acceptors (Lipinski definition) is 8. The van der Waals surface area contributed by atoms with E-state index in [1.807, 2.05) is 19.1 Å². The second-order valence-electron chi connectivity index (χ2n) is 8.14. The molecule has 0 saturated carbocycles. The van der Waals surface area contributed by atoms with Crippen LogP contribution in [0, 0.1) is 6.92 Å². The summed E-state index contributed by atoms with van der Waals surface area (Å²) in [5.41, 5.74) is -1.71. The molecule has 0 aliphatic carbocycles. The average molecular weight is 439 g/mol. The van der Waals surface area contributed by atoms with Crippen molar-refractivity contribution >= 4 is 23.0 Å². The van der Waals surface area contributed by atoms with Crippen LogP contribution in [0.3, 0.4) is 0 Å². The third-order valence-electron chi connectivity index (χ3n) is 5.69. The molecule has 1 atom stereocenters. The average Bonchev–Trinajstić information content (AvgIpc) is 3.43. The number of aryl methyl sites for hydroxylation is 1. The van der Waals surface area contributed by atoms with Gasteiger partial charge < -0.3 is 29.8 Å². The number of furan rings is 1. The zero-order chi connectivity index (χ0) is 23.0. The summed E-state index contributed by atoms with van der Waals surface area (Å²) in [6.07, 6.45) is 1.56. The molecule has 0 radical (unpaired) electrons. The predicted octanol–water partition coefficient (Wildman–Crippen LogP) is 2.45. The number of phenols is 1. The van der Waals surface area contributed by atoms with Crippen LogP contribution >= 0.6 is 0 Å². The van der Waals surface area contributed by atoms with Gasteiger partial charge in [0.05, 0.1) is 17.8 Å². The fraction of sp³-hybridized carbons (Fsp3) is 0.348. The molecule has 3 aromatic rings. The van der Waals surface area contributed by atoms with E-state index >= 15 is 0 Å². The van der Waals surface area contributed by atoms with Crippen LogP contribution in [0.15, 0.2) is 44.3 Å². The van der Waals surface area contributed by atoms with E-state index in [2.05, 4.69) is 10.6 Å². The van der Waals surface area contributed by atoms with Crippen LogP contribution < -0.4 is 21.5 Å². The van der Waals surface area contributed by atoms with Gasteiger partial charge in [-0.2, -0.15) is 0 Å². The van der Waals surface area contributed by atoms with Gasteiger partial charge in [-0.15, -0.1) is 0 Å². The van der Waals surface area contributed by atoms with Crippen LogP contribution in [0.25, 0.3) is 0 Å². The summed E-state index contributed by atoms with van der Waals surface area (Å²) >= 11 is 0. The zero-order valence-corrected chi connectivity index (χ0v) is 18.2. The van der Waals surface area contributed by atoms with Crippen LogP contribution in [0.4, 0.5) is 17.1 Å². The van der Waals surface area contributed by atoms with Gasteiger partial charge in [-0.3, -0.25) is 14.4 Å². The summed E-state index contributed by atoms with van der Waals surface area (Å²) in [4.78, 5) is 38.1. The number of nitrogens with zero attached hydrogens (tertiary/aromatic N) is 1. The Kier molecular flexibility index (Phi) is 5.52. The van der Waals surface area contributed by atoms with Crippen LogP contribution in [0.1, 0.15) is 34.7 Å². The molecule has 32 heavy (non-hydrogen) atoms. The first kappa shape index (κ1) is 21.6. The quantitative estimate of drug-likeness (QED) is 0.379. The molecule has 2 heterocycles. The minimum Gasteiger partial charge on any atom is -0.505 e. The van der Waals surface area contributed by atoms with Gasteiger partial charge in [0.15, 0.2) is 5.75 Å². The Hall–Kier alpha value is -3.59. The van der Waals surface area contributed by atoms with Crippen molar-refractivity contribution in [3.05, 3.63) is 67.9 Å². The smallest absolute Gasteiger partial charge is 0.257 e. The number of benzene rings is 1. The Bertz CT molecular complexity index is 1230. The second-order valence-corrected chi connectivity index (χ2v) is 8.14. The van der Waals surface area contributed by atoms with E-state index in [0.29, 0.717) is 18.8 Å². The van der Waals surface area contributed by atoms with Crippen molar-refractivity contribution in [2.24, 2.45) is 0 Å². The molecule has 1 aromatic heterocycles. The maximum atomic E-state index is 12.3. The highest BCUT2D eigenvalue weighted by Crippen LogP contribution is 2.38. The van der Waals surface area contributed by atoms with E-state index in [4.69, 9.17) is 9.15 Å². The Morgan fingerprint density at radius 3 is 2.53 bits per heavy atom. The minimum absolute atomic E-state index is 0.0310. The molecule has 4 rings (SSSR count). The van der Waals surface area contributed by atoms with Crippen LogP contribution in [0.2, 0.25) is 0 Å². The Morgan fingerprint density at radius 1 is 1.16 bits per heavy atom. The van der Waals surface area contributed by atoms with Crippen LogP contribution in [-0.4, -0.2) is 43.2 Å². The molecule has 2 aromatic carbocycles. The first-order chi connectivity index (χ1) is 15.2. The molecule has 1 amide bonds. The normalized spacial score (nSPS) is 18.1. The number of ether oxygens (including phenoxy) is 1. The van der Waals surface area contributed by atoms with Gasteiger partial charge in [0.2, 0.25) is 0 Å². The first-order valence-corrected chi connectivity index (χ1v) is 10.3. The summed E-state index contributed by atoms with van der Waals surface area (Å²) in [5, 5.41) is 16.4. The van der Waals surface area contributed by atoms with Crippen molar-refractivity contribution in [2.45, 2.75) is 25.4 Å². The molecule has 0 spiro atoms. The summed E-state index contributed by atoms with van der Waals surface area (Å²) in [7, 11) is 3.14.